The highest BCUT2D eigenvalue weighted by Gasteiger charge is 1.91. The van der Waals surface area contributed by atoms with Crippen LogP contribution < -0.4 is 0 Å². The van der Waals surface area contributed by atoms with Crippen LogP contribution in [-0.4, -0.2) is 5.78 Å². The molecule has 0 aliphatic carbocycles. The fraction of sp³-hybridized carbons (Fsp3) is 0.222. The molecule has 1 aromatic rings. The van der Waals surface area contributed by atoms with Gasteiger partial charge in [0, 0.05) is 6.42 Å². The van der Waals surface area contributed by atoms with Crippen molar-refractivity contribution in [1.29, 1.82) is 0 Å². The first-order valence-corrected chi connectivity index (χ1v) is 3.57. The highest BCUT2D eigenvalue weighted by Crippen LogP contribution is 2.02. The average Bonchev–Trinajstić information content (AvgIpc) is 2.52. The summed E-state index contributed by atoms with van der Waals surface area (Å²) in [6, 6.07) is 3.59. The summed E-state index contributed by atoms with van der Waals surface area (Å²) in [7, 11) is 0. The Labute approximate surface area is 65.5 Å². The van der Waals surface area contributed by atoms with Crippen molar-refractivity contribution < 1.29 is 9.21 Å². The Morgan fingerprint density at radius 2 is 2.55 bits per heavy atom. The molecule has 0 atom stereocenters. The third-order valence-corrected chi connectivity index (χ3v) is 1.33. The van der Waals surface area contributed by atoms with Crippen LogP contribution in [0.1, 0.15) is 19.1 Å². The number of furan rings is 1. The minimum Gasteiger partial charge on any atom is -0.465 e. The second-order valence-corrected chi connectivity index (χ2v) is 2.17. The normalized spacial score (nSPS) is 10.6. The fourth-order valence-corrected chi connectivity index (χ4v) is 0.679. The van der Waals surface area contributed by atoms with Gasteiger partial charge in [-0.3, -0.25) is 4.79 Å². The molecule has 1 heterocycles. The van der Waals surface area contributed by atoms with Crippen LogP contribution in [-0.2, 0) is 4.79 Å². The highest BCUT2D eigenvalue weighted by atomic mass is 16.3. The lowest BCUT2D eigenvalue weighted by atomic mass is 10.3. The maximum atomic E-state index is 10.8. The molecule has 0 N–H and O–H groups in total. The fourth-order valence-electron chi connectivity index (χ4n) is 0.679. The van der Waals surface area contributed by atoms with E-state index in [1.807, 2.05) is 6.92 Å². The largest absolute Gasteiger partial charge is 0.465 e. The Kier molecular flexibility index (Phi) is 2.66. The summed E-state index contributed by atoms with van der Waals surface area (Å²) in [4.78, 5) is 10.8. The molecular formula is C9H10O2. The zero-order valence-electron chi connectivity index (χ0n) is 6.41. The van der Waals surface area contributed by atoms with E-state index in [9.17, 15) is 4.79 Å². The van der Waals surface area contributed by atoms with Gasteiger partial charge in [-0.2, -0.15) is 0 Å². The van der Waals surface area contributed by atoms with Crippen LogP contribution in [0.25, 0.3) is 6.08 Å². The summed E-state index contributed by atoms with van der Waals surface area (Å²) in [6.07, 6.45) is 5.32. The van der Waals surface area contributed by atoms with Gasteiger partial charge in [-0.25, -0.2) is 0 Å². The van der Waals surface area contributed by atoms with E-state index in [1.54, 1.807) is 24.5 Å². The van der Waals surface area contributed by atoms with Gasteiger partial charge in [0.15, 0.2) is 5.78 Å². The highest BCUT2D eigenvalue weighted by molar-refractivity contribution is 5.92. The van der Waals surface area contributed by atoms with Crippen LogP contribution in [0.15, 0.2) is 28.9 Å². The maximum absolute atomic E-state index is 10.8. The van der Waals surface area contributed by atoms with Crippen molar-refractivity contribution in [1.82, 2.24) is 0 Å². The van der Waals surface area contributed by atoms with Crippen LogP contribution in [0.4, 0.5) is 0 Å². The van der Waals surface area contributed by atoms with E-state index in [4.69, 9.17) is 4.42 Å². The van der Waals surface area contributed by atoms with Gasteiger partial charge < -0.3 is 4.42 Å². The van der Waals surface area contributed by atoms with Crippen molar-refractivity contribution in [2.75, 3.05) is 0 Å². The number of hydrogen-bond donors (Lipinski definition) is 0. The number of carbonyl (C=O) groups excluding carboxylic acids is 1. The molecule has 0 bridgehead atoms. The third-order valence-electron chi connectivity index (χ3n) is 1.33. The molecule has 0 spiro atoms. The molecule has 1 aromatic heterocycles. The smallest absolute Gasteiger partial charge is 0.155 e. The van der Waals surface area contributed by atoms with Crippen molar-refractivity contribution >= 4 is 11.9 Å². The van der Waals surface area contributed by atoms with Gasteiger partial charge in [0.05, 0.1) is 6.26 Å². The van der Waals surface area contributed by atoms with Crippen LogP contribution in [0.3, 0.4) is 0 Å². The van der Waals surface area contributed by atoms with E-state index < -0.39 is 0 Å². The summed E-state index contributed by atoms with van der Waals surface area (Å²) >= 11 is 0. The van der Waals surface area contributed by atoms with Crippen LogP contribution in [0, 0.1) is 0 Å². The summed E-state index contributed by atoms with van der Waals surface area (Å²) in [5.74, 6) is 0.827. The van der Waals surface area contributed by atoms with E-state index in [2.05, 4.69) is 0 Å². The molecule has 0 radical (unpaired) electrons. The Bertz CT molecular complexity index is 245. The quantitative estimate of drug-likeness (QED) is 0.619. The number of carbonyl (C=O) groups is 1. The molecule has 58 valence electrons. The molecule has 0 aliphatic rings. The first-order chi connectivity index (χ1) is 5.33. The SMILES string of the molecule is CCC(=O)/C=C/c1ccco1. The first kappa shape index (κ1) is 7.79. The van der Waals surface area contributed by atoms with Crippen molar-refractivity contribution in [2.45, 2.75) is 13.3 Å². The van der Waals surface area contributed by atoms with Crippen molar-refractivity contribution in [3.05, 3.63) is 30.2 Å². The molecule has 0 fully saturated rings. The molecule has 0 saturated carbocycles. The lowest BCUT2D eigenvalue weighted by Gasteiger charge is -1.83. The van der Waals surface area contributed by atoms with Gasteiger partial charge in [0.2, 0.25) is 0 Å². The number of allylic oxidation sites excluding steroid dienone is 1. The Hall–Kier alpha value is -1.31. The lowest BCUT2D eigenvalue weighted by molar-refractivity contribution is -0.114. The minimum absolute atomic E-state index is 0.112. The summed E-state index contributed by atoms with van der Waals surface area (Å²) in [5.41, 5.74) is 0. The number of ketones is 1. The van der Waals surface area contributed by atoms with E-state index >= 15 is 0 Å². The van der Waals surface area contributed by atoms with Gasteiger partial charge >= 0.3 is 0 Å². The topological polar surface area (TPSA) is 30.2 Å². The second-order valence-electron chi connectivity index (χ2n) is 2.17. The second kappa shape index (κ2) is 3.76. The van der Waals surface area contributed by atoms with Gasteiger partial charge in [-0.15, -0.1) is 0 Å². The van der Waals surface area contributed by atoms with E-state index in [0.717, 1.165) is 0 Å². The predicted molar refractivity (Wildman–Crippen MR) is 43.0 cm³/mol. The Balaban J connectivity index is 2.55. The molecule has 0 aliphatic heterocycles. The molecule has 11 heavy (non-hydrogen) atoms. The summed E-state index contributed by atoms with van der Waals surface area (Å²) in [6.45, 7) is 1.83. The standard InChI is InChI=1S/C9H10O2/c1-2-8(10)5-6-9-4-3-7-11-9/h3-7H,2H2,1H3/b6-5+. The molecule has 0 saturated heterocycles. The molecule has 1 rings (SSSR count). The lowest BCUT2D eigenvalue weighted by Crippen LogP contribution is -1.85. The Morgan fingerprint density at radius 3 is 3.09 bits per heavy atom. The molecule has 0 amide bonds. The van der Waals surface area contributed by atoms with E-state index in [-0.39, 0.29) is 5.78 Å². The molecular weight excluding hydrogens is 140 g/mol. The maximum Gasteiger partial charge on any atom is 0.155 e. The molecule has 2 heteroatoms. The van der Waals surface area contributed by atoms with Crippen LogP contribution >= 0.6 is 0 Å². The van der Waals surface area contributed by atoms with Crippen molar-refractivity contribution in [2.24, 2.45) is 0 Å². The van der Waals surface area contributed by atoms with Crippen molar-refractivity contribution in [3.8, 4) is 0 Å². The summed E-state index contributed by atoms with van der Waals surface area (Å²) < 4.78 is 4.99. The van der Waals surface area contributed by atoms with Crippen molar-refractivity contribution in [3.63, 3.8) is 0 Å². The van der Waals surface area contributed by atoms with Gasteiger partial charge in [0.1, 0.15) is 5.76 Å². The van der Waals surface area contributed by atoms with Gasteiger partial charge in [-0.05, 0) is 24.3 Å². The molecule has 0 unspecified atom stereocenters. The van der Waals surface area contributed by atoms with Gasteiger partial charge in [0.25, 0.3) is 0 Å². The van der Waals surface area contributed by atoms with E-state index in [0.29, 0.717) is 12.2 Å². The van der Waals surface area contributed by atoms with E-state index in [1.165, 1.54) is 6.08 Å². The van der Waals surface area contributed by atoms with Crippen LogP contribution in [0.2, 0.25) is 0 Å². The first-order valence-electron chi connectivity index (χ1n) is 3.57. The zero-order valence-corrected chi connectivity index (χ0v) is 6.41. The predicted octanol–water partition coefficient (Wildman–Crippen LogP) is 2.27. The zero-order chi connectivity index (χ0) is 8.10. The Morgan fingerprint density at radius 1 is 1.73 bits per heavy atom. The number of rotatable bonds is 3. The third kappa shape index (κ3) is 2.42. The van der Waals surface area contributed by atoms with Crippen LogP contribution in [0.5, 0.6) is 0 Å². The molecule has 2 nitrogen and oxygen atoms in total. The minimum atomic E-state index is 0.112. The molecule has 0 aromatic carbocycles. The monoisotopic (exact) mass is 150 g/mol. The average molecular weight is 150 g/mol. The summed E-state index contributed by atoms with van der Waals surface area (Å²) in [5, 5.41) is 0. The number of hydrogen-bond acceptors (Lipinski definition) is 2. The van der Waals surface area contributed by atoms with Gasteiger partial charge in [-0.1, -0.05) is 6.92 Å².